The minimum Gasteiger partial charge on any atom is -0.481 e. The van der Waals surface area contributed by atoms with Crippen LogP contribution in [0, 0.1) is 11.8 Å². The lowest BCUT2D eigenvalue weighted by atomic mass is 9.88. The molecular weight excluding hydrogens is 1790 g/mol. The van der Waals surface area contributed by atoms with Crippen molar-refractivity contribution in [2.24, 2.45) is 17.6 Å². The first kappa shape index (κ1) is 114. The first-order chi connectivity index (χ1) is 61.7. The Bertz CT molecular complexity index is 3970. The van der Waals surface area contributed by atoms with Crippen molar-refractivity contribution in [2.45, 2.75) is 308 Å². The van der Waals surface area contributed by atoms with Crippen LogP contribution in [0.4, 0.5) is 0 Å². The molecule has 30 atom stereocenters. The molecule has 0 unspecified atom stereocenters. The molecule has 132 heavy (non-hydrogen) atoms. The number of aliphatic hydroxyl groups is 13. The predicted octanol–water partition coefficient (Wildman–Crippen LogP) is -15.8. The predicted molar refractivity (Wildman–Crippen MR) is 428 cm³/mol. The first-order valence-electron chi connectivity index (χ1n) is 41.4. The number of carbonyl (C=O) groups is 18. The number of carbonyl (C=O) groups excluding carboxylic acids is 12. The van der Waals surface area contributed by atoms with Gasteiger partial charge in [-0.2, -0.15) is 0 Å². The Morgan fingerprint density at radius 2 is 0.879 bits per heavy atom. The zero-order valence-corrected chi connectivity index (χ0v) is 72.4. The molecular formula is C75H121N13O44. The highest BCUT2D eigenvalue weighted by Gasteiger charge is 2.61. The van der Waals surface area contributed by atoms with Crippen LogP contribution in [-0.4, -0.2) is 426 Å². The fraction of sp³-hybridized carbons (Fsp3) is 0.760. The zero-order chi connectivity index (χ0) is 100.0. The van der Waals surface area contributed by atoms with Crippen LogP contribution >= 0.6 is 0 Å². The van der Waals surface area contributed by atoms with Gasteiger partial charge < -0.3 is 200 Å². The highest BCUT2D eigenvalue weighted by atomic mass is 16.8. The Morgan fingerprint density at radius 1 is 0.439 bits per heavy atom. The summed E-state index contributed by atoms with van der Waals surface area (Å²) in [6.07, 6.45) is -48.7. The number of carboxylic acid groups (broad SMARTS) is 6. The molecule has 4 aliphatic rings. The van der Waals surface area contributed by atoms with Crippen molar-refractivity contribution in [3.05, 3.63) is 0 Å². The number of carboxylic acids is 6. The number of hydrogen-bond acceptors (Lipinski definition) is 39. The van der Waals surface area contributed by atoms with E-state index in [4.69, 9.17) is 44.0 Å². The highest BCUT2D eigenvalue weighted by molar-refractivity contribution is 5.99. The average molecular weight is 1910 g/mol. The summed E-state index contributed by atoms with van der Waals surface area (Å²) < 4.78 is 41.1. The third-order valence-corrected chi connectivity index (χ3v) is 20.8. The molecule has 4 fully saturated rings. The lowest BCUT2D eigenvalue weighted by Crippen LogP contribution is -2.72. The quantitative estimate of drug-likeness (QED) is 0.0269. The summed E-state index contributed by atoms with van der Waals surface area (Å²) in [5.74, 6) is -29.9. The minimum absolute atomic E-state index is 0.342. The van der Waals surface area contributed by atoms with E-state index in [-0.39, 0.29) is 12.8 Å². The lowest BCUT2D eigenvalue weighted by Gasteiger charge is -2.51. The fourth-order valence-corrected chi connectivity index (χ4v) is 14.1. The summed E-state index contributed by atoms with van der Waals surface area (Å²) in [5, 5.41) is 226. The van der Waals surface area contributed by atoms with Gasteiger partial charge in [-0.15, -0.1) is 0 Å². The molecule has 0 radical (unpaired) electrons. The Morgan fingerprint density at radius 3 is 1.32 bits per heavy atom. The number of rotatable bonds is 54. The van der Waals surface area contributed by atoms with Gasteiger partial charge in [0.25, 0.3) is 5.79 Å². The largest absolute Gasteiger partial charge is 0.481 e. The number of aliphatic carboxylic acids is 6. The van der Waals surface area contributed by atoms with Crippen LogP contribution < -0.4 is 69.5 Å². The monoisotopic (exact) mass is 1910 g/mol. The lowest BCUT2D eigenvalue weighted by molar-refractivity contribution is -0.385. The normalized spacial score (nSPS) is 27.5. The van der Waals surface area contributed by atoms with Gasteiger partial charge in [0.1, 0.15) is 140 Å². The molecule has 0 aromatic carbocycles. The van der Waals surface area contributed by atoms with Crippen molar-refractivity contribution in [1.29, 1.82) is 0 Å². The number of hydrogen-bond donors (Lipinski definition) is 32. The third kappa shape index (κ3) is 34.3. The Labute approximate surface area is 749 Å². The minimum atomic E-state index is -3.32. The van der Waals surface area contributed by atoms with Crippen LogP contribution in [0.3, 0.4) is 0 Å². The van der Waals surface area contributed by atoms with Crippen molar-refractivity contribution in [3.8, 4) is 0 Å². The van der Waals surface area contributed by atoms with Crippen molar-refractivity contribution >= 4 is 107 Å². The van der Waals surface area contributed by atoms with Gasteiger partial charge in [-0.25, -0.2) is 9.59 Å². The highest BCUT2D eigenvalue weighted by Crippen LogP contribution is 2.39. The standard InChI is InChI=1S/C75H121N13O44/c1-26(2)16-35(66(118)80-33(10-14-47(103)104)65(117)86-38(21-89)68(120)81-32(9-13-46(101)102)64(116)85-37(71(122)123)18-49(107)108)83-63(115)34(11-15-48(105)106)82-69(121)50(28(5)93)88-67(119)36(17-27(3)4)84-62(114)31(79-45(100)20-76)8-12-44(99)87-70-52(78-30(7)95)60(130-72-56(112)53(109)41(98)25-126-72)58(43(24-92)127-70)129-73-57(113)61(55(111)42(23-91)128-73)132-75(74(124)125)19-39(96)51(77-29(6)94)59(131-75)54(110)40(97)22-90/h26-28,31-43,50-61,70,72-73,89-93,96-98,109-113H,8-25,76H2,1-7H3,(H,77,94)(H,78,95)(H,79,100)(H,80,118)(H,81,120)(H,82,121)(H,83,115)(H,84,114)(H,85,116)(H,86,117)(H,87,99)(H,88,119)(H,101,102)(H,103,104)(H,105,106)(H,107,108)(H,122,123)(H,124,125)/t28-,31+,32+,33+,34+,35+,36+,37+,38+,39+,40-,41-,42+,43-,50+,51-,52-,53-,54-,55-,56+,57+,58-,59-,60-,61-,70-,72+,73-,75+/m1/s1. The van der Waals surface area contributed by atoms with Crippen LogP contribution in [0.2, 0.25) is 0 Å². The second-order valence-electron chi connectivity index (χ2n) is 32.4. The maximum atomic E-state index is 14.5. The Hall–Kier alpha value is -10.4. The van der Waals surface area contributed by atoms with E-state index >= 15 is 0 Å². The van der Waals surface area contributed by atoms with E-state index in [1.54, 1.807) is 13.8 Å². The van der Waals surface area contributed by atoms with Gasteiger partial charge in [-0.1, -0.05) is 27.7 Å². The van der Waals surface area contributed by atoms with E-state index in [1.807, 2.05) is 16.0 Å². The number of amides is 12. The second-order valence-corrected chi connectivity index (χ2v) is 32.4. The number of aliphatic hydroxyl groups excluding tert-OH is 13. The summed E-state index contributed by atoms with van der Waals surface area (Å²) in [6.45, 7) is 2.30. The molecule has 4 heterocycles. The van der Waals surface area contributed by atoms with E-state index in [0.717, 1.165) is 20.8 Å². The van der Waals surface area contributed by atoms with Crippen molar-refractivity contribution in [3.63, 3.8) is 0 Å². The molecule has 0 aromatic heterocycles. The van der Waals surface area contributed by atoms with Crippen LogP contribution in [0.15, 0.2) is 0 Å². The molecule has 57 heteroatoms. The van der Waals surface area contributed by atoms with E-state index in [9.17, 15) is 178 Å². The van der Waals surface area contributed by atoms with Crippen LogP contribution in [0.5, 0.6) is 0 Å². The van der Waals surface area contributed by atoms with Gasteiger partial charge in [-0.05, 0) is 57.3 Å². The van der Waals surface area contributed by atoms with Crippen LogP contribution in [0.1, 0.15) is 126 Å². The van der Waals surface area contributed by atoms with E-state index in [0.29, 0.717) is 0 Å². The van der Waals surface area contributed by atoms with Gasteiger partial charge in [0.15, 0.2) is 18.8 Å². The van der Waals surface area contributed by atoms with Crippen molar-refractivity contribution in [2.75, 3.05) is 39.6 Å². The molecule has 0 bridgehead atoms. The molecule has 0 spiro atoms. The molecule has 750 valence electrons. The summed E-state index contributed by atoms with van der Waals surface area (Å²) >= 11 is 0. The maximum Gasteiger partial charge on any atom is 0.364 e. The first-order valence-corrected chi connectivity index (χ1v) is 41.4. The third-order valence-electron chi connectivity index (χ3n) is 20.8. The molecule has 4 aliphatic heterocycles. The van der Waals surface area contributed by atoms with Gasteiger partial charge in [0, 0.05) is 46.0 Å². The summed E-state index contributed by atoms with van der Waals surface area (Å²) in [5.41, 5.74) is 5.61. The number of ether oxygens (including phenoxy) is 7. The van der Waals surface area contributed by atoms with Gasteiger partial charge in [0.2, 0.25) is 70.9 Å². The summed E-state index contributed by atoms with van der Waals surface area (Å²) in [7, 11) is 0. The van der Waals surface area contributed by atoms with Gasteiger partial charge >= 0.3 is 35.8 Å². The molecule has 4 rings (SSSR count). The second kappa shape index (κ2) is 53.5. The average Bonchev–Trinajstić information content (AvgIpc) is 0.748. The maximum absolute atomic E-state index is 14.5. The molecule has 0 aromatic rings. The molecule has 12 amide bonds. The fourth-order valence-electron chi connectivity index (χ4n) is 14.1. The zero-order valence-electron chi connectivity index (χ0n) is 72.4. The summed E-state index contributed by atoms with van der Waals surface area (Å²) in [6, 6.07) is -21.5. The molecule has 57 nitrogen and oxygen atoms in total. The van der Waals surface area contributed by atoms with Gasteiger partial charge in [-0.3, -0.25) is 76.7 Å². The molecule has 4 saturated heterocycles. The van der Waals surface area contributed by atoms with Gasteiger partial charge in [0.05, 0.1) is 64.2 Å². The van der Waals surface area contributed by atoms with Crippen molar-refractivity contribution in [1.82, 2.24) is 63.8 Å². The van der Waals surface area contributed by atoms with E-state index in [1.165, 1.54) is 13.8 Å². The van der Waals surface area contributed by atoms with Crippen LogP contribution in [-0.2, 0) is 119 Å². The SMILES string of the molecule is CC(=O)N[C@@H]1[C@@H](O[C@@H]2OC[C@@H](O)[C@@H](O)[C@@H]2O)[C@H](O[C@H]2O[C@@H](CO)[C@@H](O)[C@@H](O[C@]3(C(=O)O)C[C@H](O)[C@@H](NC(C)=O)[C@H]([C@H](O)[C@H](O)CO)O3)[C@@H]2O)[C@@H](CO)O[C@H]1NC(=O)CC[C@H](NC(=O)CN)C(=O)N[C@@H](CC(C)C)C(=O)N[C@H](C(=O)N[C@@H](CCC(=O)O)C(=O)N[C@@H](CC(C)C)C(=O)N[C@@H](CCC(=O)O)C(=O)N[C@@H](CO)C(=O)N[C@@H](CCC(=O)O)C(=O)N[C@@H](CC(=O)O)C(=O)O)[C@@H](C)O. The number of nitrogens with two attached hydrogens (primary N) is 1. The molecule has 33 N–H and O–H groups in total. The van der Waals surface area contributed by atoms with Crippen LogP contribution in [0.25, 0.3) is 0 Å². The Balaban J connectivity index is 1.65. The van der Waals surface area contributed by atoms with Crippen molar-refractivity contribution < 1.29 is 216 Å². The van der Waals surface area contributed by atoms with E-state index < -0.39 is 405 Å². The molecule has 0 aliphatic carbocycles. The topological polar surface area (TPSA) is 927 Å². The van der Waals surface area contributed by atoms with E-state index in [2.05, 4.69) is 47.9 Å². The summed E-state index contributed by atoms with van der Waals surface area (Å²) in [4.78, 5) is 237. The smallest absolute Gasteiger partial charge is 0.364 e. The Kier molecular flexibility index (Phi) is 46.2. The molecule has 0 saturated carbocycles. The number of nitrogens with one attached hydrogen (secondary N) is 12.